The maximum Gasteiger partial charge on any atom is 0.340 e. The minimum atomic E-state index is -0.645. The number of esters is 1. The number of carbonyl (C=O) groups excluding carboxylic acids is 2. The predicted octanol–water partition coefficient (Wildman–Crippen LogP) is 4.23. The molecule has 0 unspecified atom stereocenters. The zero-order valence-electron chi connectivity index (χ0n) is 22.7. The Morgan fingerprint density at radius 2 is 1.97 bits per heavy atom. The fourth-order valence-corrected chi connectivity index (χ4v) is 5.14. The summed E-state index contributed by atoms with van der Waals surface area (Å²) in [4.78, 5) is 40.6. The van der Waals surface area contributed by atoms with Crippen LogP contribution in [0.15, 0.2) is 30.6 Å². The number of hydrogen-bond acceptors (Lipinski definition) is 9. The summed E-state index contributed by atoms with van der Waals surface area (Å²) < 4.78 is 11.8. The van der Waals surface area contributed by atoms with Crippen molar-refractivity contribution in [3.63, 3.8) is 0 Å². The summed E-state index contributed by atoms with van der Waals surface area (Å²) in [6.45, 7) is 8.98. The second-order valence-corrected chi connectivity index (χ2v) is 11.4. The normalized spacial score (nSPS) is 21.1. The van der Waals surface area contributed by atoms with Gasteiger partial charge in [-0.1, -0.05) is 13.8 Å². The van der Waals surface area contributed by atoms with E-state index in [-0.39, 0.29) is 35.9 Å². The van der Waals surface area contributed by atoms with Crippen LogP contribution in [-0.2, 0) is 9.53 Å². The van der Waals surface area contributed by atoms with E-state index < -0.39 is 5.60 Å². The number of aromatic nitrogens is 3. The number of nitrogens with two attached hydrogens (primary N) is 1. The molecule has 39 heavy (non-hydrogen) atoms. The van der Waals surface area contributed by atoms with Crippen LogP contribution in [-0.4, -0.2) is 56.5 Å². The van der Waals surface area contributed by atoms with Crippen molar-refractivity contribution < 1.29 is 19.1 Å². The van der Waals surface area contributed by atoms with E-state index in [1.165, 1.54) is 0 Å². The Morgan fingerprint density at radius 1 is 1.21 bits per heavy atom. The monoisotopic (exact) mass is 530 g/mol. The third-order valence-corrected chi connectivity index (χ3v) is 8.18. The minimum absolute atomic E-state index is 0.0709. The van der Waals surface area contributed by atoms with Gasteiger partial charge in [-0.05, 0) is 62.3 Å². The van der Waals surface area contributed by atoms with E-state index in [2.05, 4.69) is 15.3 Å². The lowest BCUT2D eigenvalue weighted by Crippen LogP contribution is -2.56. The third-order valence-electron chi connectivity index (χ3n) is 8.18. The van der Waals surface area contributed by atoms with Gasteiger partial charge in [0.15, 0.2) is 0 Å². The molecule has 0 radical (unpaired) electrons. The average Bonchev–Trinajstić information content (AvgIpc) is 3.74. The number of likely N-dealkylation sites (tertiary alicyclic amines) is 1. The maximum atomic E-state index is 12.5. The molecule has 1 amide bonds. The number of nitrogens with zero attached hydrogens (tertiary/aromatic N) is 4. The first-order valence-corrected chi connectivity index (χ1v) is 13.7. The lowest BCUT2D eigenvalue weighted by molar-refractivity contribution is -0.141. The lowest BCUT2D eigenvalue weighted by Gasteiger charge is -2.39. The summed E-state index contributed by atoms with van der Waals surface area (Å²) in [6.07, 6.45) is 6.16. The highest BCUT2D eigenvalue weighted by atomic mass is 16.6. The van der Waals surface area contributed by atoms with Gasteiger partial charge in [-0.15, -0.1) is 0 Å². The molecule has 0 bridgehead atoms. The van der Waals surface area contributed by atoms with Crippen molar-refractivity contribution in [2.45, 2.75) is 70.6 Å². The Kier molecular flexibility index (Phi) is 6.17. The fraction of sp³-hybridized carbons (Fsp3) is 0.483. The first-order chi connectivity index (χ1) is 18.6. The van der Waals surface area contributed by atoms with Crippen molar-refractivity contribution in [1.82, 2.24) is 19.9 Å². The molecular formula is C29H34N6O4. The zero-order valence-corrected chi connectivity index (χ0v) is 22.7. The zero-order chi connectivity index (χ0) is 27.5. The van der Waals surface area contributed by atoms with Gasteiger partial charge < -0.3 is 25.4 Å². The molecule has 3 aliphatic rings. The molecule has 204 valence electrons. The van der Waals surface area contributed by atoms with E-state index in [4.69, 9.17) is 20.2 Å². The largest absolute Gasteiger partial charge is 0.470 e. The SMILES string of the molecule is CC[C@H](N)c1cnc(OC2CN(C(=O)C3CC3)C2)c2cnc(Nc3ccc4c(n3)[C@@H](C)C(C)(C)OC4=O)cc12. The van der Waals surface area contributed by atoms with E-state index in [1.807, 2.05) is 38.7 Å². The molecule has 3 aromatic rings. The molecule has 2 fully saturated rings. The number of amides is 1. The molecule has 1 saturated heterocycles. The van der Waals surface area contributed by atoms with Gasteiger partial charge in [0.1, 0.15) is 23.3 Å². The molecule has 3 N–H and O–H groups in total. The van der Waals surface area contributed by atoms with E-state index in [9.17, 15) is 9.59 Å². The van der Waals surface area contributed by atoms with Crippen LogP contribution in [0, 0.1) is 5.92 Å². The second-order valence-electron chi connectivity index (χ2n) is 11.4. The Balaban J connectivity index is 1.27. The van der Waals surface area contributed by atoms with Crippen molar-refractivity contribution in [3.05, 3.63) is 47.4 Å². The molecular weight excluding hydrogens is 496 g/mol. The van der Waals surface area contributed by atoms with Crippen molar-refractivity contribution in [2.75, 3.05) is 18.4 Å². The van der Waals surface area contributed by atoms with Gasteiger partial charge in [-0.2, -0.15) is 0 Å². The number of hydrogen-bond donors (Lipinski definition) is 2. The van der Waals surface area contributed by atoms with Crippen LogP contribution < -0.4 is 15.8 Å². The number of nitrogens with one attached hydrogen (secondary N) is 1. The number of anilines is 2. The molecule has 0 spiro atoms. The number of pyridine rings is 3. The highest BCUT2D eigenvalue weighted by Gasteiger charge is 2.41. The fourth-order valence-electron chi connectivity index (χ4n) is 5.14. The summed E-state index contributed by atoms with van der Waals surface area (Å²) in [5, 5.41) is 4.96. The van der Waals surface area contributed by atoms with Crippen LogP contribution >= 0.6 is 0 Å². The molecule has 6 rings (SSSR count). The average molecular weight is 531 g/mol. The molecule has 1 aliphatic carbocycles. The highest BCUT2D eigenvalue weighted by Crippen LogP contribution is 2.39. The third kappa shape index (κ3) is 4.67. The van der Waals surface area contributed by atoms with Crippen LogP contribution in [0.5, 0.6) is 5.88 Å². The van der Waals surface area contributed by atoms with Gasteiger partial charge >= 0.3 is 5.97 Å². The Morgan fingerprint density at radius 3 is 2.69 bits per heavy atom. The topological polar surface area (TPSA) is 133 Å². The molecule has 10 nitrogen and oxygen atoms in total. The van der Waals surface area contributed by atoms with Crippen LogP contribution in [0.3, 0.4) is 0 Å². The molecule has 2 aliphatic heterocycles. The van der Waals surface area contributed by atoms with Crippen molar-refractivity contribution in [3.8, 4) is 5.88 Å². The Labute approximate surface area is 227 Å². The van der Waals surface area contributed by atoms with Crippen LogP contribution in [0.1, 0.15) is 80.5 Å². The van der Waals surface area contributed by atoms with Crippen LogP contribution in [0.4, 0.5) is 11.6 Å². The van der Waals surface area contributed by atoms with E-state index in [1.54, 1.807) is 24.5 Å². The number of rotatable bonds is 7. The minimum Gasteiger partial charge on any atom is -0.470 e. The molecule has 3 aromatic heterocycles. The van der Waals surface area contributed by atoms with Crippen molar-refractivity contribution >= 4 is 34.3 Å². The van der Waals surface area contributed by atoms with Gasteiger partial charge in [0.05, 0.1) is 29.7 Å². The molecule has 0 aromatic carbocycles. The number of fused-ring (bicyclic) bond motifs is 2. The summed E-state index contributed by atoms with van der Waals surface area (Å²) in [7, 11) is 0. The maximum absolute atomic E-state index is 12.5. The highest BCUT2D eigenvalue weighted by molar-refractivity contribution is 5.93. The van der Waals surface area contributed by atoms with Gasteiger partial charge in [0.2, 0.25) is 11.8 Å². The lowest BCUT2D eigenvalue weighted by atomic mass is 9.84. The van der Waals surface area contributed by atoms with Gasteiger partial charge in [-0.3, -0.25) is 4.79 Å². The van der Waals surface area contributed by atoms with Gasteiger partial charge in [-0.25, -0.2) is 19.7 Å². The summed E-state index contributed by atoms with van der Waals surface area (Å²) in [5.74, 6) is 1.68. The van der Waals surface area contributed by atoms with Crippen LogP contribution in [0.25, 0.3) is 10.8 Å². The molecule has 1 saturated carbocycles. The molecule has 10 heteroatoms. The summed E-state index contributed by atoms with van der Waals surface area (Å²) >= 11 is 0. The van der Waals surface area contributed by atoms with Crippen molar-refractivity contribution in [2.24, 2.45) is 11.7 Å². The van der Waals surface area contributed by atoms with Crippen molar-refractivity contribution in [1.29, 1.82) is 0 Å². The van der Waals surface area contributed by atoms with Gasteiger partial charge in [0, 0.05) is 30.3 Å². The molecule has 2 atom stereocenters. The summed E-state index contributed by atoms with van der Waals surface area (Å²) in [6, 6.07) is 5.23. The first kappa shape index (κ1) is 25.5. The quantitative estimate of drug-likeness (QED) is 0.431. The number of ether oxygens (including phenoxy) is 2. The Hall–Kier alpha value is -3.79. The van der Waals surface area contributed by atoms with E-state index in [0.717, 1.165) is 35.6 Å². The first-order valence-electron chi connectivity index (χ1n) is 13.7. The van der Waals surface area contributed by atoms with Gasteiger partial charge in [0.25, 0.3) is 0 Å². The smallest absolute Gasteiger partial charge is 0.340 e. The van der Waals surface area contributed by atoms with E-state index in [0.29, 0.717) is 41.9 Å². The number of carbonyl (C=O) groups is 2. The summed E-state index contributed by atoms with van der Waals surface area (Å²) in [5.41, 5.74) is 7.89. The second kappa shape index (κ2) is 9.44. The Bertz CT molecular complexity index is 1460. The predicted molar refractivity (Wildman–Crippen MR) is 146 cm³/mol. The number of cyclic esters (lactones) is 1. The van der Waals surface area contributed by atoms with Crippen LogP contribution in [0.2, 0.25) is 0 Å². The van der Waals surface area contributed by atoms with E-state index >= 15 is 0 Å². The molecule has 5 heterocycles. The standard InChI is InChI=1S/C29H34N6O4/c1-5-22(30)20-11-32-26(38-17-13-35(14-17)27(36)16-6-7-16)21-12-31-24(10-19(20)21)33-23-9-8-18-25(34-23)15(2)29(3,4)39-28(18)37/h8-12,15-17,22H,5-7,13-14,30H2,1-4H3,(H,31,33,34)/t15-,22+/m1/s1.